The number of aliphatic hydroxyl groups excluding tert-OH is 1. The van der Waals surface area contributed by atoms with Gasteiger partial charge in [-0.15, -0.1) is 0 Å². The second-order valence-electron chi connectivity index (χ2n) is 3.09. The molecule has 4 nitrogen and oxygen atoms in total. The first-order valence-corrected chi connectivity index (χ1v) is 4.19. The van der Waals surface area contributed by atoms with E-state index in [2.05, 4.69) is 5.32 Å². The van der Waals surface area contributed by atoms with Crippen LogP contribution in [0.1, 0.15) is 0 Å². The van der Waals surface area contributed by atoms with E-state index in [1.165, 1.54) is 0 Å². The van der Waals surface area contributed by atoms with Crippen LogP contribution < -0.4 is 15.8 Å². The van der Waals surface area contributed by atoms with Crippen LogP contribution >= 0.6 is 0 Å². The highest BCUT2D eigenvalue weighted by Crippen LogP contribution is 2.30. The predicted octanol–water partition coefficient (Wildman–Crippen LogP) is 0.434. The van der Waals surface area contributed by atoms with Gasteiger partial charge in [0.15, 0.2) is 0 Å². The third-order valence-corrected chi connectivity index (χ3v) is 2.03. The zero-order chi connectivity index (χ0) is 9.26. The molecule has 1 atom stereocenters. The van der Waals surface area contributed by atoms with E-state index in [0.29, 0.717) is 12.3 Å². The molecule has 1 aliphatic rings. The number of hydrogen-bond donors (Lipinski definition) is 3. The lowest BCUT2D eigenvalue weighted by Crippen LogP contribution is -2.34. The second-order valence-corrected chi connectivity index (χ2v) is 3.09. The standard InChI is InChI=1S/C9H12N2O2/c10-6-1-2-8-9(3-6)13-5-7(4-12)11-8/h1-3,7,11-12H,4-5,10H2/t7-/m0/s1. The fourth-order valence-electron chi connectivity index (χ4n) is 1.33. The predicted molar refractivity (Wildman–Crippen MR) is 50.8 cm³/mol. The summed E-state index contributed by atoms with van der Waals surface area (Å²) in [6.07, 6.45) is 0. The molecule has 0 aliphatic carbocycles. The van der Waals surface area contributed by atoms with Crippen molar-refractivity contribution >= 4 is 11.4 Å². The van der Waals surface area contributed by atoms with Crippen LogP contribution in [0.15, 0.2) is 18.2 Å². The van der Waals surface area contributed by atoms with Crippen LogP contribution in [0, 0.1) is 0 Å². The van der Waals surface area contributed by atoms with Gasteiger partial charge in [0, 0.05) is 11.8 Å². The van der Waals surface area contributed by atoms with E-state index in [9.17, 15) is 0 Å². The summed E-state index contributed by atoms with van der Waals surface area (Å²) in [5, 5.41) is 12.0. The summed E-state index contributed by atoms with van der Waals surface area (Å²) >= 11 is 0. The third kappa shape index (κ3) is 1.53. The number of fused-ring (bicyclic) bond motifs is 1. The molecule has 0 bridgehead atoms. The molecule has 0 saturated heterocycles. The quantitative estimate of drug-likeness (QED) is 0.548. The molecule has 0 fully saturated rings. The van der Waals surface area contributed by atoms with Crippen LogP contribution in [0.25, 0.3) is 0 Å². The van der Waals surface area contributed by atoms with E-state index in [-0.39, 0.29) is 12.6 Å². The van der Waals surface area contributed by atoms with Crippen molar-refractivity contribution in [1.29, 1.82) is 0 Å². The third-order valence-electron chi connectivity index (χ3n) is 2.03. The van der Waals surface area contributed by atoms with Crippen molar-refractivity contribution in [2.75, 3.05) is 24.3 Å². The van der Waals surface area contributed by atoms with Gasteiger partial charge in [-0.2, -0.15) is 0 Å². The molecule has 0 aromatic heterocycles. The lowest BCUT2D eigenvalue weighted by molar-refractivity contribution is 0.207. The molecule has 0 saturated carbocycles. The molecule has 13 heavy (non-hydrogen) atoms. The largest absolute Gasteiger partial charge is 0.489 e. The summed E-state index contributed by atoms with van der Waals surface area (Å²) in [6, 6.07) is 5.41. The molecule has 1 heterocycles. The number of aliphatic hydroxyl groups is 1. The van der Waals surface area contributed by atoms with Gasteiger partial charge in [0.2, 0.25) is 0 Å². The van der Waals surface area contributed by atoms with Crippen molar-refractivity contribution in [3.05, 3.63) is 18.2 Å². The summed E-state index contributed by atoms with van der Waals surface area (Å²) in [5.74, 6) is 0.754. The first kappa shape index (κ1) is 8.19. The molecule has 2 rings (SSSR count). The Hall–Kier alpha value is -1.42. The minimum atomic E-state index is -0.0175. The van der Waals surface area contributed by atoms with Crippen LogP contribution in [-0.4, -0.2) is 24.4 Å². The number of nitrogens with two attached hydrogens (primary N) is 1. The van der Waals surface area contributed by atoms with Crippen LogP contribution in [0.2, 0.25) is 0 Å². The van der Waals surface area contributed by atoms with Gasteiger partial charge >= 0.3 is 0 Å². The van der Waals surface area contributed by atoms with Crippen LogP contribution in [0.4, 0.5) is 11.4 Å². The lowest BCUT2D eigenvalue weighted by atomic mass is 10.2. The van der Waals surface area contributed by atoms with Gasteiger partial charge in [-0.1, -0.05) is 0 Å². The van der Waals surface area contributed by atoms with Crippen molar-refractivity contribution in [1.82, 2.24) is 0 Å². The Bertz CT molecular complexity index is 314. The molecular formula is C9H12N2O2. The number of rotatable bonds is 1. The Labute approximate surface area is 76.3 Å². The van der Waals surface area contributed by atoms with Crippen LogP contribution in [-0.2, 0) is 0 Å². The number of benzene rings is 1. The van der Waals surface area contributed by atoms with E-state index in [1.54, 1.807) is 12.1 Å². The molecule has 0 unspecified atom stereocenters. The van der Waals surface area contributed by atoms with Crippen molar-refractivity contribution in [2.45, 2.75) is 6.04 Å². The minimum absolute atomic E-state index is 0.0175. The van der Waals surface area contributed by atoms with Crippen molar-refractivity contribution < 1.29 is 9.84 Å². The SMILES string of the molecule is Nc1ccc2c(c1)OC[C@H](CO)N2. The Morgan fingerprint density at radius 2 is 2.46 bits per heavy atom. The smallest absolute Gasteiger partial charge is 0.144 e. The van der Waals surface area contributed by atoms with Gasteiger partial charge in [-0.05, 0) is 12.1 Å². The zero-order valence-electron chi connectivity index (χ0n) is 7.16. The van der Waals surface area contributed by atoms with Gasteiger partial charge < -0.3 is 20.9 Å². The van der Waals surface area contributed by atoms with E-state index < -0.39 is 0 Å². The number of hydrogen-bond acceptors (Lipinski definition) is 4. The molecule has 4 N–H and O–H groups in total. The Morgan fingerprint density at radius 3 is 3.23 bits per heavy atom. The van der Waals surface area contributed by atoms with E-state index in [1.807, 2.05) is 6.07 Å². The maximum absolute atomic E-state index is 8.90. The zero-order valence-corrected chi connectivity index (χ0v) is 7.16. The molecule has 0 radical (unpaired) electrons. The maximum Gasteiger partial charge on any atom is 0.144 e. The molecule has 0 amide bonds. The van der Waals surface area contributed by atoms with Crippen molar-refractivity contribution in [2.24, 2.45) is 0 Å². The summed E-state index contributed by atoms with van der Waals surface area (Å²) in [6.45, 7) is 0.552. The Balaban J connectivity index is 2.26. The minimum Gasteiger partial charge on any atom is -0.489 e. The number of anilines is 2. The first-order valence-electron chi connectivity index (χ1n) is 4.19. The molecular weight excluding hydrogens is 168 g/mol. The molecule has 1 aromatic rings. The van der Waals surface area contributed by atoms with E-state index in [4.69, 9.17) is 15.6 Å². The Morgan fingerprint density at radius 1 is 1.62 bits per heavy atom. The summed E-state index contributed by atoms with van der Waals surface area (Å²) < 4.78 is 5.41. The fourth-order valence-corrected chi connectivity index (χ4v) is 1.33. The van der Waals surface area contributed by atoms with Gasteiger partial charge in [-0.3, -0.25) is 0 Å². The topological polar surface area (TPSA) is 67.5 Å². The molecule has 0 spiro atoms. The van der Waals surface area contributed by atoms with E-state index >= 15 is 0 Å². The molecule has 1 aromatic carbocycles. The monoisotopic (exact) mass is 180 g/mol. The lowest BCUT2D eigenvalue weighted by Gasteiger charge is -2.26. The van der Waals surface area contributed by atoms with Crippen molar-refractivity contribution in [3.8, 4) is 5.75 Å². The highest BCUT2D eigenvalue weighted by Gasteiger charge is 2.17. The Kier molecular flexibility index (Phi) is 1.98. The highest BCUT2D eigenvalue weighted by molar-refractivity contribution is 5.63. The van der Waals surface area contributed by atoms with Gasteiger partial charge in [0.05, 0.1) is 18.3 Å². The fraction of sp³-hybridized carbons (Fsp3) is 0.333. The van der Waals surface area contributed by atoms with Crippen LogP contribution in [0.3, 0.4) is 0 Å². The molecule has 70 valence electrons. The molecule has 1 aliphatic heterocycles. The average Bonchev–Trinajstić information content (AvgIpc) is 2.17. The number of nitrogen functional groups attached to an aromatic ring is 1. The van der Waals surface area contributed by atoms with Gasteiger partial charge in [-0.25, -0.2) is 0 Å². The summed E-state index contributed by atoms with van der Waals surface area (Å²) in [7, 11) is 0. The summed E-state index contributed by atoms with van der Waals surface area (Å²) in [5.41, 5.74) is 7.16. The highest BCUT2D eigenvalue weighted by atomic mass is 16.5. The van der Waals surface area contributed by atoms with E-state index in [0.717, 1.165) is 11.4 Å². The number of nitrogens with one attached hydrogen (secondary N) is 1. The maximum atomic E-state index is 8.90. The average molecular weight is 180 g/mol. The first-order chi connectivity index (χ1) is 6.29. The number of ether oxygens (including phenoxy) is 1. The second kappa shape index (κ2) is 3.14. The van der Waals surface area contributed by atoms with Gasteiger partial charge in [0.25, 0.3) is 0 Å². The van der Waals surface area contributed by atoms with Crippen LogP contribution in [0.5, 0.6) is 5.75 Å². The normalized spacial score (nSPS) is 19.9. The summed E-state index contributed by atoms with van der Waals surface area (Å²) in [4.78, 5) is 0. The van der Waals surface area contributed by atoms with Gasteiger partial charge in [0.1, 0.15) is 12.4 Å². The van der Waals surface area contributed by atoms with Crippen molar-refractivity contribution in [3.63, 3.8) is 0 Å². The molecule has 4 heteroatoms.